The standard InChI is InChI=1S/C29H37N5O3/c1-17-9-18(2)25(37-15-29(5)7-6-8-30-14-29)20(10-17)24-21-11-19(13-34(21)32-16-31-24)12-33-26(35)22-23(27(33)36)28(22,3)4/h9-11,13,16,22-23,26,30,35H,6-8,12,14-15H2,1-5H3. The zero-order valence-electron chi connectivity index (χ0n) is 22.4. The number of amides is 1. The number of aliphatic hydroxyl groups is 1. The Labute approximate surface area is 218 Å². The number of aryl methyl sites for hydroxylation is 2. The molecule has 3 aliphatic rings. The van der Waals surface area contributed by atoms with Crippen LogP contribution in [0.3, 0.4) is 0 Å². The second-order valence-corrected chi connectivity index (χ2v) is 12.3. The van der Waals surface area contributed by atoms with Crippen molar-refractivity contribution in [2.45, 2.75) is 60.2 Å². The van der Waals surface area contributed by atoms with Gasteiger partial charge >= 0.3 is 0 Å². The zero-order chi connectivity index (χ0) is 26.1. The Morgan fingerprint density at radius 3 is 2.73 bits per heavy atom. The van der Waals surface area contributed by atoms with Crippen LogP contribution in [0, 0.1) is 36.5 Å². The second-order valence-electron chi connectivity index (χ2n) is 12.3. The molecule has 1 aromatic carbocycles. The number of aliphatic hydroxyl groups excluding tert-OH is 1. The molecule has 2 aliphatic heterocycles. The highest BCUT2D eigenvalue weighted by atomic mass is 16.5. The molecule has 4 heterocycles. The van der Waals surface area contributed by atoms with Crippen molar-refractivity contribution in [2.75, 3.05) is 19.7 Å². The first-order valence-electron chi connectivity index (χ1n) is 13.3. The topological polar surface area (TPSA) is 92.0 Å². The summed E-state index contributed by atoms with van der Waals surface area (Å²) < 4.78 is 8.36. The van der Waals surface area contributed by atoms with E-state index in [9.17, 15) is 9.90 Å². The van der Waals surface area contributed by atoms with E-state index < -0.39 is 6.23 Å². The summed E-state index contributed by atoms with van der Waals surface area (Å²) in [6.45, 7) is 13.6. The third-order valence-electron chi connectivity index (χ3n) is 8.84. The average molecular weight is 504 g/mol. The Balaban J connectivity index is 1.32. The predicted octanol–water partition coefficient (Wildman–Crippen LogP) is 3.71. The first-order chi connectivity index (χ1) is 17.6. The molecule has 2 saturated heterocycles. The summed E-state index contributed by atoms with van der Waals surface area (Å²) in [5.41, 5.74) is 5.72. The van der Waals surface area contributed by atoms with Crippen LogP contribution in [0.4, 0.5) is 0 Å². The molecular formula is C29H37N5O3. The molecule has 1 aliphatic carbocycles. The van der Waals surface area contributed by atoms with Gasteiger partial charge in [0, 0.05) is 36.2 Å². The molecule has 2 aromatic heterocycles. The third kappa shape index (κ3) is 4.01. The van der Waals surface area contributed by atoms with Gasteiger partial charge in [-0.25, -0.2) is 9.50 Å². The van der Waals surface area contributed by atoms with Crippen LogP contribution < -0.4 is 10.1 Å². The number of nitrogens with one attached hydrogen (secondary N) is 1. The highest BCUT2D eigenvalue weighted by Gasteiger charge is 2.71. The Kier molecular flexibility index (Phi) is 5.62. The number of carbonyl (C=O) groups excluding carboxylic acids is 1. The van der Waals surface area contributed by atoms with Crippen molar-refractivity contribution >= 4 is 11.4 Å². The normalized spacial score (nSPS) is 28.5. The van der Waals surface area contributed by atoms with Gasteiger partial charge in [0.05, 0.1) is 18.0 Å². The summed E-state index contributed by atoms with van der Waals surface area (Å²) in [6.07, 6.45) is 5.05. The lowest BCUT2D eigenvalue weighted by atomic mass is 9.84. The van der Waals surface area contributed by atoms with Crippen molar-refractivity contribution in [2.24, 2.45) is 22.7 Å². The fraction of sp³-hybridized carbons (Fsp3) is 0.552. The SMILES string of the molecule is Cc1cc(C)c(OCC2(C)CCCNC2)c(-c2ncnn3cc(CN4C(=O)C5C(C4O)C5(C)C)cc23)c1. The minimum atomic E-state index is -0.740. The molecule has 1 saturated carbocycles. The van der Waals surface area contributed by atoms with Gasteiger partial charge in [-0.2, -0.15) is 5.10 Å². The molecule has 0 radical (unpaired) electrons. The number of carbonyl (C=O) groups is 1. The number of likely N-dealkylation sites (tertiary alicyclic amines) is 1. The molecule has 8 nitrogen and oxygen atoms in total. The summed E-state index contributed by atoms with van der Waals surface area (Å²) in [5.74, 6) is 0.836. The van der Waals surface area contributed by atoms with E-state index in [1.165, 1.54) is 0 Å². The summed E-state index contributed by atoms with van der Waals surface area (Å²) in [5, 5.41) is 18.8. The number of aromatic nitrogens is 3. The number of ether oxygens (including phenoxy) is 1. The van der Waals surface area contributed by atoms with E-state index in [0.717, 1.165) is 65.1 Å². The van der Waals surface area contributed by atoms with Gasteiger partial charge in [-0.3, -0.25) is 4.79 Å². The minimum absolute atomic E-state index is 0.0172. The maximum atomic E-state index is 12.9. The molecule has 4 atom stereocenters. The zero-order valence-corrected chi connectivity index (χ0v) is 22.4. The molecule has 8 heteroatoms. The van der Waals surface area contributed by atoms with Crippen LogP contribution in [-0.2, 0) is 11.3 Å². The van der Waals surface area contributed by atoms with E-state index in [2.05, 4.69) is 57.2 Å². The van der Waals surface area contributed by atoms with Gasteiger partial charge < -0.3 is 20.1 Å². The highest BCUT2D eigenvalue weighted by molar-refractivity contribution is 5.87. The maximum absolute atomic E-state index is 12.9. The predicted molar refractivity (Wildman–Crippen MR) is 141 cm³/mol. The Bertz CT molecular complexity index is 1370. The molecule has 0 bridgehead atoms. The van der Waals surface area contributed by atoms with Gasteiger partial charge in [0.2, 0.25) is 5.91 Å². The third-order valence-corrected chi connectivity index (χ3v) is 8.84. The Morgan fingerprint density at radius 1 is 1.22 bits per heavy atom. The summed E-state index contributed by atoms with van der Waals surface area (Å²) in [6, 6.07) is 6.30. The molecule has 3 aromatic rings. The van der Waals surface area contributed by atoms with Gasteiger partial charge in [0.1, 0.15) is 24.0 Å². The van der Waals surface area contributed by atoms with Crippen molar-refractivity contribution in [3.05, 3.63) is 47.4 Å². The van der Waals surface area contributed by atoms with Crippen LogP contribution in [0.2, 0.25) is 0 Å². The summed E-state index contributed by atoms with van der Waals surface area (Å²) in [7, 11) is 0. The first-order valence-corrected chi connectivity index (χ1v) is 13.3. The van der Waals surface area contributed by atoms with E-state index in [-0.39, 0.29) is 28.6 Å². The number of hydrogen-bond donors (Lipinski definition) is 2. The van der Waals surface area contributed by atoms with Crippen molar-refractivity contribution in [1.29, 1.82) is 0 Å². The smallest absolute Gasteiger partial charge is 0.229 e. The first kappa shape index (κ1) is 24.4. The number of hydrogen-bond acceptors (Lipinski definition) is 6. The van der Waals surface area contributed by atoms with E-state index >= 15 is 0 Å². The number of rotatable bonds is 6. The Morgan fingerprint density at radius 2 is 2.03 bits per heavy atom. The minimum Gasteiger partial charge on any atom is -0.492 e. The molecule has 196 valence electrons. The molecule has 2 N–H and O–H groups in total. The lowest BCUT2D eigenvalue weighted by Crippen LogP contribution is -2.41. The summed E-state index contributed by atoms with van der Waals surface area (Å²) >= 11 is 0. The highest BCUT2D eigenvalue weighted by Crippen LogP contribution is 2.65. The van der Waals surface area contributed by atoms with Gasteiger partial charge in [-0.05, 0) is 67.5 Å². The number of nitrogens with zero attached hydrogens (tertiary/aromatic N) is 4. The van der Waals surface area contributed by atoms with E-state index in [4.69, 9.17) is 9.72 Å². The lowest BCUT2D eigenvalue weighted by molar-refractivity contribution is -0.140. The van der Waals surface area contributed by atoms with Crippen molar-refractivity contribution < 1.29 is 14.6 Å². The van der Waals surface area contributed by atoms with Crippen molar-refractivity contribution in [3.8, 4) is 17.0 Å². The van der Waals surface area contributed by atoms with Crippen LogP contribution in [0.25, 0.3) is 16.8 Å². The van der Waals surface area contributed by atoms with Crippen LogP contribution in [-0.4, -0.2) is 56.4 Å². The fourth-order valence-corrected chi connectivity index (χ4v) is 6.66. The average Bonchev–Trinajstić information content (AvgIpc) is 3.09. The number of piperidine rings is 2. The van der Waals surface area contributed by atoms with E-state index in [1.54, 1.807) is 11.2 Å². The summed E-state index contributed by atoms with van der Waals surface area (Å²) in [4.78, 5) is 19.2. The van der Waals surface area contributed by atoms with E-state index in [0.29, 0.717) is 13.2 Å². The van der Waals surface area contributed by atoms with E-state index in [1.807, 2.05) is 16.8 Å². The van der Waals surface area contributed by atoms with Gasteiger partial charge in [0.15, 0.2) is 0 Å². The number of fused-ring (bicyclic) bond motifs is 2. The monoisotopic (exact) mass is 503 g/mol. The number of benzene rings is 1. The Hall–Kier alpha value is -2.97. The quantitative estimate of drug-likeness (QED) is 0.533. The molecule has 0 spiro atoms. The van der Waals surface area contributed by atoms with Crippen LogP contribution in [0.1, 0.15) is 50.3 Å². The second kappa shape index (κ2) is 8.53. The van der Waals surface area contributed by atoms with Gasteiger partial charge in [0.25, 0.3) is 0 Å². The maximum Gasteiger partial charge on any atom is 0.229 e. The van der Waals surface area contributed by atoms with Crippen LogP contribution >= 0.6 is 0 Å². The van der Waals surface area contributed by atoms with Gasteiger partial charge in [-0.15, -0.1) is 0 Å². The molecule has 37 heavy (non-hydrogen) atoms. The van der Waals surface area contributed by atoms with Crippen LogP contribution in [0.5, 0.6) is 5.75 Å². The molecule has 1 amide bonds. The fourth-order valence-electron chi connectivity index (χ4n) is 6.66. The largest absolute Gasteiger partial charge is 0.492 e. The van der Waals surface area contributed by atoms with Crippen molar-refractivity contribution in [3.63, 3.8) is 0 Å². The molecular weight excluding hydrogens is 466 g/mol. The van der Waals surface area contributed by atoms with Crippen LogP contribution in [0.15, 0.2) is 30.7 Å². The van der Waals surface area contributed by atoms with Crippen molar-refractivity contribution in [1.82, 2.24) is 24.8 Å². The lowest BCUT2D eigenvalue weighted by Gasteiger charge is -2.34. The molecule has 4 unspecified atom stereocenters. The molecule has 3 fully saturated rings. The molecule has 6 rings (SSSR count). The van der Waals surface area contributed by atoms with Gasteiger partial charge in [-0.1, -0.05) is 26.8 Å².